The maximum absolute atomic E-state index is 12.8. The lowest BCUT2D eigenvalue weighted by Gasteiger charge is -2.26. The van der Waals surface area contributed by atoms with Crippen molar-refractivity contribution in [1.29, 1.82) is 0 Å². The fourth-order valence-corrected chi connectivity index (χ4v) is 4.66. The van der Waals surface area contributed by atoms with Gasteiger partial charge in [0.2, 0.25) is 0 Å². The molecule has 1 N–H and O–H groups in total. The fourth-order valence-electron chi connectivity index (χ4n) is 2.97. The monoisotopic (exact) mass is 383 g/mol. The van der Waals surface area contributed by atoms with Crippen molar-refractivity contribution < 1.29 is 9.59 Å². The number of fused-ring (bicyclic) bond motifs is 1. The smallest absolute Gasteiger partial charge is 0.266 e. The Morgan fingerprint density at radius 1 is 1.08 bits per heavy atom. The van der Waals surface area contributed by atoms with Crippen LogP contribution in [0, 0.1) is 0 Å². The Kier molecular flexibility index (Phi) is 4.90. The third kappa shape index (κ3) is 3.32. The van der Waals surface area contributed by atoms with Crippen LogP contribution >= 0.6 is 23.1 Å². The van der Waals surface area contributed by atoms with E-state index >= 15 is 0 Å². The highest BCUT2D eigenvalue weighted by molar-refractivity contribution is 7.99. The number of amides is 2. The number of pyridine rings is 1. The molecule has 5 nitrogen and oxygen atoms in total. The summed E-state index contributed by atoms with van der Waals surface area (Å²) in [5.41, 5.74) is 1.86. The number of nitrogens with zero attached hydrogens (tertiary/aromatic N) is 2. The van der Waals surface area contributed by atoms with Crippen molar-refractivity contribution in [2.45, 2.75) is 0 Å². The van der Waals surface area contributed by atoms with Crippen LogP contribution in [0.3, 0.4) is 0 Å². The number of para-hydroxylation sites is 1. The first-order valence-corrected chi connectivity index (χ1v) is 10.4. The van der Waals surface area contributed by atoms with Crippen LogP contribution in [-0.2, 0) is 0 Å². The van der Waals surface area contributed by atoms with E-state index in [-0.39, 0.29) is 11.8 Å². The van der Waals surface area contributed by atoms with Crippen LogP contribution in [0.2, 0.25) is 0 Å². The summed E-state index contributed by atoms with van der Waals surface area (Å²) in [6.07, 6.45) is 1.70. The summed E-state index contributed by atoms with van der Waals surface area (Å²) in [5.74, 6) is 1.55. The van der Waals surface area contributed by atoms with Gasteiger partial charge in [0.1, 0.15) is 4.88 Å². The van der Waals surface area contributed by atoms with Crippen molar-refractivity contribution in [2.24, 2.45) is 0 Å². The molecule has 4 rings (SSSR count). The Balaban J connectivity index is 1.59. The standard InChI is InChI=1S/C19H17N3O2S2/c23-18(21-15-5-1-3-13-4-2-7-20-16(13)15)17-14(6-10-26-17)19(24)22-8-11-25-12-9-22/h1-7,10H,8-9,11-12H2,(H,21,23). The van der Waals surface area contributed by atoms with Gasteiger partial charge >= 0.3 is 0 Å². The Labute approximate surface area is 159 Å². The number of anilines is 1. The lowest BCUT2D eigenvalue weighted by molar-refractivity contribution is 0.0768. The van der Waals surface area contributed by atoms with Crippen molar-refractivity contribution in [1.82, 2.24) is 9.88 Å². The number of hydrogen-bond donors (Lipinski definition) is 1. The first kappa shape index (κ1) is 17.1. The predicted molar refractivity (Wildman–Crippen MR) is 107 cm³/mol. The summed E-state index contributed by atoms with van der Waals surface area (Å²) in [5, 5.41) is 5.67. The quantitative estimate of drug-likeness (QED) is 0.748. The van der Waals surface area contributed by atoms with Gasteiger partial charge in [-0.3, -0.25) is 14.6 Å². The summed E-state index contributed by atoms with van der Waals surface area (Å²) in [6.45, 7) is 1.46. The van der Waals surface area contributed by atoms with E-state index in [1.54, 1.807) is 17.6 Å². The van der Waals surface area contributed by atoms with E-state index in [0.29, 0.717) is 16.1 Å². The summed E-state index contributed by atoms with van der Waals surface area (Å²) >= 11 is 3.14. The number of benzene rings is 1. The van der Waals surface area contributed by atoms with Crippen molar-refractivity contribution >= 4 is 51.5 Å². The second-order valence-electron chi connectivity index (χ2n) is 5.90. The van der Waals surface area contributed by atoms with Gasteiger partial charge in [-0.2, -0.15) is 11.8 Å². The van der Waals surface area contributed by atoms with E-state index in [2.05, 4.69) is 10.3 Å². The minimum Gasteiger partial charge on any atom is -0.337 e. The van der Waals surface area contributed by atoms with E-state index in [1.165, 1.54) is 11.3 Å². The fraction of sp³-hybridized carbons (Fsp3) is 0.211. The molecule has 132 valence electrons. The number of nitrogens with one attached hydrogen (secondary N) is 1. The number of thiophene rings is 1. The van der Waals surface area contributed by atoms with E-state index in [0.717, 1.165) is 35.5 Å². The van der Waals surface area contributed by atoms with Gasteiger partial charge < -0.3 is 10.2 Å². The Bertz CT molecular complexity index is 959. The highest BCUT2D eigenvalue weighted by atomic mass is 32.2. The van der Waals surface area contributed by atoms with E-state index < -0.39 is 0 Å². The molecule has 1 aromatic carbocycles. The number of thioether (sulfide) groups is 1. The predicted octanol–water partition coefficient (Wildman–Crippen LogP) is 3.74. The number of aromatic nitrogens is 1. The molecule has 1 fully saturated rings. The van der Waals surface area contributed by atoms with Crippen LogP contribution in [-0.4, -0.2) is 46.3 Å². The van der Waals surface area contributed by atoms with Gasteiger partial charge in [0, 0.05) is 36.2 Å². The summed E-state index contributed by atoms with van der Waals surface area (Å²) in [7, 11) is 0. The van der Waals surface area contributed by atoms with E-state index in [9.17, 15) is 9.59 Å². The van der Waals surface area contributed by atoms with Gasteiger partial charge in [-0.15, -0.1) is 11.3 Å². The van der Waals surface area contributed by atoms with Gasteiger partial charge in [-0.1, -0.05) is 18.2 Å². The molecule has 1 aliphatic rings. The number of carbonyl (C=O) groups excluding carboxylic acids is 2. The highest BCUT2D eigenvalue weighted by Gasteiger charge is 2.25. The molecular weight excluding hydrogens is 366 g/mol. The molecule has 0 radical (unpaired) electrons. The molecule has 1 aliphatic heterocycles. The van der Waals surface area contributed by atoms with E-state index in [1.807, 2.05) is 47.0 Å². The first-order chi connectivity index (χ1) is 12.7. The molecule has 3 heterocycles. The normalized spacial score (nSPS) is 14.4. The summed E-state index contributed by atoms with van der Waals surface area (Å²) in [4.78, 5) is 32.2. The van der Waals surface area contributed by atoms with E-state index in [4.69, 9.17) is 0 Å². The Morgan fingerprint density at radius 2 is 1.88 bits per heavy atom. The van der Waals surface area contributed by atoms with Crippen molar-refractivity contribution in [3.05, 3.63) is 58.4 Å². The van der Waals surface area contributed by atoms with Crippen LogP contribution in [0.5, 0.6) is 0 Å². The molecule has 0 spiro atoms. The maximum Gasteiger partial charge on any atom is 0.266 e. The highest BCUT2D eigenvalue weighted by Crippen LogP contribution is 2.25. The molecule has 0 atom stereocenters. The zero-order valence-electron chi connectivity index (χ0n) is 14.0. The number of hydrogen-bond acceptors (Lipinski definition) is 5. The zero-order valence-corrected chi connectivity index (χ0v) is 15.6. The zero-order chi connectivity index (χ0) is 17.9. The third-order valence-electron chi connectivity index (χ3n) is 4.28. The lowest BCUT2D eigenvalue weighted by atomic mass is 10.1. The molecule has 26 heavy (non-hydrogen) atoms. The van der Waals surface area contributed by atoms with Gasteiger partial charge in [-0.05, 0) is 23.6 Å². The summed E-state index contributed by atoms with van der Waals surface area (Å²) < 4.78 is 0. The maximum atomic E-state index is 12.8. The summed E-state index contributed by atoms with van der Waals surface area (Å²) in [6, 6.07) is 11.2. The topological polar surface area (TPSA) is 62.3 Å². The van der Waals surface area contributed by atoms with Crippen LogP contribution in [0.15, 0.2) is 48.0 Å². The Morgan fingerprint density at radius 3 is 2.73 bits per heavy atom. The van der Waals surface area contributed by atoms with Crippen LogP contribution in [0.4, 0.5) is 5.69 Å². The molecule has 2 amide bonds. The van der Waals surface area contributed by atoms with Gasteiger partial charge in [-0.25, -0.2) is 0 Å². The number of carbonyl (C=O) groups is 2. The molecule has 0 unspecified atom stereocenters. The van der Waals surface area contributed by atoms with Crippen molar-refractivity contribution in [3.63, 3.8) is 0 Å². The van der Waals surface area contributed by atoms with Crippen LogP contribution in [0.25, 0.3) is 10.9 Å². The minimum atomic E-state index is -0.270. The largest absolute Gasteiger partial charge is 0.337 e. The average Bonchev–Trinajstić information content (AvgIpc) is 3.18. The van der Waals surface area contributed by atoms with Gasteiger partial charge in [0.25, 0.3) is 11.8 Å². The SMILES string of the molecule is O=C(Nc1cccc2cccnc12)c1sccc1C(=O)N1CCSCC1. The number of rotatable bonds is 3. The van der Waals surface area contributed by atoms with Gasteiger partial charge in [0.05, 0.1) is 16.8 Å². The van der Waals surface area contributed by atoms with Crippen LogP contribution < -0.4 is 5.32 Å². The minimum absolute atomic E-state index is 0.0623. The van der Waals surface area contributed by atoms with Crippen molar-refractivity contribution in [3.8, 4) is 0 Å². The molecule has 0 saturated carbocycles. The molecule has 2 aromatic heterocycles. The average molecular weight is 383 g/mol. The lowest BCUT2D eigenvalue weighted by Crippen LogP contribution is -2.38. The molecular formula is C19H17N3O2S2. The second-order valence-corrected chi connectivity index (χ2v) is 8.04. The molecule has 0 bridgehead atoms. The Hall–Kier alpha value is -2.38. The molecule has 7 heteroatoms. The third-order valence-corrected chi connectivity index (χ3v) is 6.14. The molecule has 3 aromatic rings. The molecule has 0 aliphatic carbocycles. The first-order valence-electron chi connectivity index (χ1n) is 8.33. The van der Waals surface area contributed by atoms with Gasteiger partial charge in [0.15, 0.2) is 0 Å². The van der Waals surface area contributed by atoms with Crippen molar-refractivity contribution in [2.75, 3.05) is 29.9 Å². The van der Waals surface area contributed by atoms with Crippen LogP contribution in [0.1, 0.15) is 20.0 Å². The molecule has 1 saturated heterocycles. The second kappa shape index (κ2) is 7.47.